The van der Waals surface area contributed by atoms with Crippen LogP contribution in [0.5, 0.6) is 0 Å². The predicted octanol–water partition coefficient (Wildman–Crippen LogP) is 5.76. The Labute approximate surface area is 280 Å². The first-order valence-electron chi connectivity index (χ1n) is 16.2. The number of carbonyl (C=O) groups is 2. The fourth-order valence-electron chi connectivity index (χ4n) is 6.56. The second kappa shape index (κ2) is 14.7. The molecule has 1 saturated heterocycles. The van der Waals surface area contributed by atoms with Crippen LogP contribution in [0.4, 0.5) is 5.69 Å². The van der Waals surface area contributed by atoms with Gasteiger partial charge >= 0.3 is 0 Å². The van der Waals surface area contributed by atoms with Crippen molar-refractivity contribution >= 4 is 39.6 Å². The second-order valence-corrected chi connectivity index (χ2v) is 12.3. The Bertz CT molecular complexity index is 1880. The number of aromatic amines is 1. The van der Waals surface area contributed by atoms with E-state index in [1.54, 1.807) is 31.6 Å². The van der Waals surface area contributed by atoms with Crippen LogP contribution in [0.25, 0.3) is 33.4 Å². The van der Waals surface area contributed by atoms with Gasteiger partial charge in [-0.25, -0.2) is 9.97 Å². The van der Waals surface area contributed by atoms with Gasteiger partial charge in [-0.3, -0.25) is 19.6 Å². The molecule has 4 aromatic rings. The molecule has 10 heteroatoms. The number of carbonyl (C=O) groups excluding carboxylic acids is 2. The summed E-state index contributed by atoms with van der Waals surface area (Å²) < 4.78 is 5.57. The van der Waals surface area contributed by atoms with E-state index >= 15 is 0 Å². The number of likely N-dealkylation sites (tertiary alicyclic amines) is 1. The Kier molecular flexibility index (Phi) is 10.0. The minimum Gasteiger partial charge on any atom is -0.384 e. The van der Waals surface area contributed by atoms with Gasteiger partial charge < -0.3 is 15.0 Å². The van der Waals surface area contributed by atoms with Crippen molar-refractivity contribution in [3.05, 3.63) is 109 Å². The van der Waals surface area contributed by atoms with Crippen molar-refractivity contribution in [2.75, 3.05) is 51.8 Å². The van der Waals surface area contributed by atoms with Crippen LogP contribution < -0.4 is 5.32 Å². The average molecular weight is 644 g/mol. The summed E-state index contributed by atoms with van der Waals surface area (Å²) in [6, 6.07) is 15.8. The number of nitrogens with one attached hydrogen (secondary N) is 2. The van der Waals surface area contributed by atoms with Crippen LogP contribution in [-0.2, 0) is 14.3 Å². The number of amides is 2. The number of methoxy groups -OCH3 is 1. The lowest BCUT2D eigenvalue weighted by molar-refractivity contribution is -0.133. The van der Waals surface area contributed by atoms with Crippen molar-refractivity contribution < 1.29 is 14.3 Å². The third kappa shape index (κ3) is 7.05. The Balaban J connectivity index is 1.08. The molecule has 2 N–H and O–H groups in total. The lowest BCUT2D eigenvalue weighted by Crippen LogP contribution is -2.45. The van der Waals surface area contributed by atoms with E-state index < -0.39 is 5.41 Å². The molecule has 2 aromatic carbocycles. The Morgan fingerprint density at radius 1 is 1.10 bits per heavy atom. The number of ether oxygens (including phenoxy) is 1. The van der Waals surface area contributed by atoms with Crippen LogP contribution in [0, 0.1) is 5.41 Å². The fourth-order valence-corrected chi connectivity index (χ4v) is 6.56. The summed E-state index contributed by atoms with van der Waals surface area (Å²) in [5.41, 5.74) is 5.83. The smallest absolute Gasteiger partial charge is 0.237 e. The van der Waals surface area contributed by atoms with Gasteiger partial charge in [-0.15, -0.1) is 0 Å². The zero-order chi connectivity index (χ0) is 33.5. The van der Waals surface area contributed by atoms with Gasteiger partial charge in [-0.2, -0.15) is 5.10 Å². The van der Waals surface area contributed by atoms with Gasteiger partial charge in [0, 0.05) is 61.3 Å². The fraction of sp³-hybridized carbons (Fsp3) is 0.289. The molecule has 0 spiro atoms. The molecule has 1 fully saturated rings. The third-order valence-corrected chi connectivity index (χ3v) is 9.07. The minimum atomic E-state index is -0.770. The van der Waals surface area contributed by atoms with Crippen LogP contribution >= 0.6 is 0 Å². The molecule has 2 aliphatic heterocycles. The zero-order valence-corrected chi connectivity index (χ0v) is 27.5. The molecule has 1 atom stereocenters. The molecular formula is C38H41N7O3. The number of nitrogens with zero attached hydrogens (tertiary/aromatic N) is 5. The van der Waals surface area contributed by atoms with Gasteiger partial charge in [-0.05, 0) is 61.7 Å². The van der Waals surface area contributed by atoms with Crippen LogP contribution in [-0.4, -0.2) is 88.2 Å². The highest BCUT2D eigenvalue weighted by atomic mass is 16.5. The molecule has 6 rings (SSSR count). The highest BCUT2D eigenvalue weighted by molar-refractivity contribution is 6.00. The maximum absolute atomic E-state index is 13.8. The monoisotopic (exact) mass is 643 g/mol. The van der Waals surface area contributed by atoms with Gasteiger partial charge in [0.25, 0.3) is 0 Å². The van der Waals surface area contributed by atoms with Crippen LogP contribution in [0.2, 0.25) is 0 Å². The van der Waals surface area contributed by atoms with E-state index in [-0.39, 0.29) is 25.0 Å². The number of rotatable bonds is 11. The van der Waals surface area contributed by atoms with Crippen molar-refractivity contribution in [2.24, 2.45) is 5.41 Å². The Hall–Kier alpha value is -5.19. The summed E-state index contributed by atoms with van der Waals surface area (Å²) in [5.74, 6) is 0.653. The normalized spacial score (nSPS) is 18.8. The van der Waals surface area contributed by atoms with Gasteiger partial charge in [0.2, 0.25) is 11.8 Å². The zero-order valence-electron chi connectivity index (χ0n) is 27.5. The van der Waals surface area contributed by atoms with Gasteiger partial charge in [0.15, 0.2) is 5.82 Å². The minimum absolute atomic E-state index is 0.0675. The third-order valence-electron chi connectivity index (χ3n) is 9.07. The summed E-state index contributed by atoms with van der Waals surface area (Å²) >= 11 is 0. The molecule has 0 saturated carbocycles. The van der Waals surface area contributed by atoms with Gasteiger partial charge in [0.1, 0.15) is 0 Å². The number of hydrogen-bond donors (Lipinski definition) is 2. The topological polar surface area (TPSA) is 116 Å². The number of H-pyrrole nitrogens is 1. The molecule has 4 heterocycles. The van der Waals surface area contributed by atoms with Crippen molar-refractivity contribution in [1.29, 1.82) is 0 Å². The molecule has 0 radical (unpaired) electrons. The molecule has 2 aromatic heterocycles. The van der Waals surface area contributed by atoms with Gasteiger partial charge in [0.05, 0.1) is 29.8 Å². The molecule has 10 nitrogen and oxygen atoms in total. The number of aromatic nitrogens is 4. The molecule has 2 amide bonds. The molecule has 0 bridgehead atoms. The maximum Gasteiger partial charge on any atom is 0.237 e. The van der Waals surface area contributed by atoms with Crippen LogP contribution in [0.3, 0.4) is 0 Å². The van der Waals surface area contributed by atoms with Gasteiger partial charge in [-0.1, -0.05) is 61.2 Å². The first-order valence-corrected chi connectivity index (χ1v) is 16.2. The standard InChI is InChI=1S/C38H41N7O3/c1-4-7-29(8-5-2)35-32-23-31(13-14-33(32)42-43-35)41-37(47)38(26-48-3)17-22-44(25-38)24-34(46)45-20-15-28(16-21-45)27-9-11-30(12-10-27)36-39-18-6-19-40-36/h4-15,18-19,23H,1,16-17,20-22,24-26H2,2-3H3,(H,41,47)(H,42,43)/b8-5-,29-7+/t38-/m1/s1. The van der Waals surface area contributed by atoms with Crippen LogP contribution in [0.15, 0.2) is 97.9 Å². The van der Waals surface area contributed by atoms with Crippen molar-refractivity contribution in [3.8, 4) is 11.4 Å². The first kappa shape index (κ1) is 32.7. The molecule has 2 aliphatic rings. The highest BCUT2D eigenvalue weighted by Crippen LogP contribution is 2.34. The average Bonchev–Trinajstić information content (AvgIpc) is 3.73. The van der Waals surface area contributed by atoms with E-state index in [1.807, 2.05) is 60.4 Å². The summed E-state index contributed by atoms with van der Waals surface area (Å²) in [7, 11) is 1.61. The number of allylic oxidation sites excluding steroid dienone is 5. The van der Waals surface area contributed by atoms with E-state index in [0.717, 1.165) is 39.7 Å². The maximum atomic E-state index is 13.8. The van der Waals surface area contributed by atoms with Crippen molar-refractivity contribution in [3.63, 3.8) is 0 Å². The summed E-state index contributed by atoms with van der Waals surface area (Å²) in [4.78, 5) is 39.9. The van der Waals surface area contributed by atoms with E-state index in [4.69, 9.17) is 4.74 Å². The first-order chi connectivity index (χ1) is 23.4. The van der Waals surface area contributed by atoms with Crippen LogP contribution in [0.1, 0.15) is 31.0 Å². The molecular weight excluding hydrogens is 602 g/mol. The number of fused-ring (bicyclic) bond motifs is 1. The quantitative estimate of drug-likeness (QED) is 0.200. The number of hydrogen-bond acceptors (Lipinski definition) is 7. The second-order valence-electron chi connectivity index (χ2n) is 12.3. The largest absolute Gasteiger partial charge is 0.384 e. The molecule has 48 heavy (non-hydrogen) atoms. The number of benzene rings is 2. The van der Waals surface area contributed by atoms with E-state index in [9.17, 15) is 9.59 Å². The Morgan fingerprint density at radius 3 is 2.60 bits per heavy atom. The Morgan fingerprint density at radius 2 is 1.90 bits per heavy atom. The summed E-state index contributed by atoms with van der Waals surface area (Å²) in [6.07, 6.45) is 14.6. The molecule has 246 valence electrons. The highest BCUT2D eigenvalue weighted by Gasteiger charge is 2.45. The predicted molar refractivity (Wildman–Crippen MR) is 190 cm³/mol. The summed E-state index contributed by atoms with van der Waals surface area (Å²) in [6.45, 7) is 8.60. The van der Waals surface area contributed by atoms with E-state index in [2.05, 4.69) is 55.2 Å². The molecule has 0 aliphatic carbocycles. The van der Waals surface area contributed by atoms with Crippen molar-refractivity contribution in [1.82, 2.24) is 30.0 Å². The van der Waals surface area contributed by atoms with Crippen molar-refractivity contribution in [2.45, 2.75) is 19.8 Å². The SMILES string of the molecule is C=C/C=C(\C=C/C)c1n[nH]c2ccc(NC(=O)[C@]3(COC)CCN(CC(=O)N4CC=C(c5ccc(-c6ncccn6)cc5)CC4)C3)cc12. The number of anilines is 1. The lowest BCUT2D eigenvalue weighted by atomic mass is 9.86. The molecule has 0 unspecified atom stereocenters. The summed E-state index contributed by atoms with van der Waals surface area (Å²) in [5, 5.41) is 11.6. The van der Waals surface area contributed by atoms with E-state index in [0.29, 0.717) is 44.1 Å². The lowest BCUT2D eigenvalue weighted by Gasteiger charge is -2.30. The van der Waals surface area contributed by atoms with E-state index in [1.165, 1.54) is 5.57 Å².